The number of nitrogens with one attached hydrogen (secondary N) is 1. The van der Waals surface area contributed by atoms with Gasteiger partial charge < -0.3 is 14.8 Å². The molecule has 0 atom stereocenters. The molecule has 0 fully saturated rings. The number of amides is 1. The topological polar surface area (TPSA) is 114 Å². The van der Waals surface area contributed by atoms with Crippen LogP contribution in [0.2, 0.25) is 0 Å². The monoisotopic (exact) mass is 549 g/mol. The quantitative estimate of drug-likeness (QED) is 0.109. The maximum atomic E-state index is 12.5. The largest absolute Gasteiger partial charge is 0.493 e. The van der Waals surface area contributed by atoms with Gasteiger partial charge in [-0.1, -0.05) is 58.4 Å². The van der Waals surface area contributed by atoms with Gasteiger partial charge in [0.15, 0.2) is 11.5 Å². The molecule has 0 aromatic heterocycles. The third kappa shape index (κ3) is 7.42. The molecule has 1 N–H and O–H groups in total. The van der Waals surface area contributed by atoms with Crippen molar-refractivity contribution in [3.8, 4) is 17.6 Å². The van der Waals surface area contributed by atoms with Crippen molar-refractivity contribution in [1.82, 2.24) is 5.32 Å². The third-order valence-corrected chi connectivity index (χ3v) is 5.92. The number of methoxy groups -OCH3 is 1. The zero-order valence-corrected chi connectivity index (χ0v) is 21.2. The average molecular weight is 550 g/mol. The zero-order chi connectivity index (χ0) is 25.9. The Bertz CT molecular complexity index is 1300. The van der Waals surface area contributed by atoms with E-state index in [1.165, 1.54) is 30.9 Å². The summed E-state index contributed by atoms with van der Waals surface area (Å²) >= 11 is 3.45. The number of nitro benzene ring substituents is 1. The normalized spacial score (nSPS) is 10.9. The number of nitrogens with zero attached hydrogens (tertiary/aromatic N) is 2. The first-order chi connectivity index (χ1) is 17.4. The van der Waals surface area contributed by atoms with Gasteiger partial charge in [-0.15, -0.1) is 0 Å². The van der Waals surface area contributed by atoms with E-state index in [-0.39, 0.29) is 17.9 Å². The van der Waals surface area contributed by atoms with E-state index in [1.807, 2.05) is 36.4 Å². The molecule has 8 nitrogen and oxygen atoms in total. The van der Waals surface area contributed by atoms with Crippen LogP contribution in [0, 0.1) is 21.4 Å². The maximum absolute atomic E-state index is 12.5. The van der Waals surface area contributed by atoms with Crippen molar-refractivity contribution in [1.29, 1.82) is 5.26 Å². The molecule has 3 aromatic carbocycles. The Labute approximate surface area is 217 Å². The van der Waals surface area contributed by atoms with Crippen LogP contribution < -0.4 is 14.8 Å². The molecule has 0 saturated carbocycles. The molecule has 184 valence electrons. The van der Waals surface area contributed by atoms with Crippen LogP contribution in [0.5, 0.6) is 11.5 Å². The molecular formula is C27H24BrN3O5. The van der Waals surface area contributed by atoms with Crippen molar-refractivity contribution >= 4 is 33.6 Å². The zero-order valence-electron chi connectivity index (χ0n) is 19.6. The van der Waals surface area contributed by atoms with Crippen LogP contribution >= 0.6 is 15.9 Å². The summed E-state index contributed by atoms with van der Waals surface area (Å²) in [7, 11) is 1.47. The summed E-state index contributed by atoms with van der Waals surface area (Å²) in [5.41, 5.74) is 2.31. The average Bonchev–Trinajstić information content (AvgIpc) is 2.89. The van der Waals surface area contributed by atoms with Crippen molar-refractivity contribution in [3.05, 3.63) is 104 Å². The first-order valence-electron chi connectivity index (χ1n) is 11.1. The number of non-ortho nitro benzene ring substituents is 1. The molecule has 1 amide bonds. The van der Waals surface area contributed by atoms with Crippen LogP contribution in [-0.2, 0) is 17.8 Å². The fourth-order valence-corrected chi connectivity index (χ4v) is 3.83. The molecule has 0 aliphatic rings. The lowest BCUT2D eigenvalue weighted by molar-refractivity contribution is -0.384. The van der Waals surface area contributed by atoms with Gasteiger partial charge in [0.1, 0.15) is 18.2 Å². The second kappa shape index (κ2) is 13.1. The van der Waals surface area contributed by atoms with Crippen LogP contribution in [0.3, 0.4) is 0 Å². The summed E-state index contributed by atoms with van der Waals surface area (Å²) in [4.78, 5) is 23.1. The number of carbonyl (C=O) groups is 1. The predicted molar refractivity (Wildman–Crippen MR) is 139 cm³/mol. The van der Waals surface area contributed by atoms with Gasteiger partial charge in [-0.2, -0.15) is 5.26 Å². The minimum absolute atomic E-state index is 0.0212. The van der Waals surface area contributed by atoms with Crippen LogP contribution in [0.15, 0.2) is 76.8 Å². The Hall–Kier alpha value is -4.16. The number of aryl methyl sites for hydroxylation is 1. The lowest BCUT2D eigenvalue weighted by atomic mass is 10.1. The summed E-state index contributed by atoms with van der Waals surface area (Å²) in [6, 6.07) is 21.4. The highest BCUT2D eigenvalue weighted by molar-refractivity contribution is 9.10. The van der Waals surface area contributed by atoms with Crippen LogP contribution in [0.25, 0.3) is 6.08 Å². The highest BCUT2D eigenvalue weighted by Gasteiger charge is 2.14. The van der Waals surface area contributed by atoms with Gasteiger partial charge in [0.05, 0.1) is 12.0 Å². The third-order valence-electron chi connectivity index (χ3n) is 5.23. The first-order valence-corrected chi connectivity index (χ1v) is 11.9. The van der Waals surface area contributed by atoms with E-state index in [9.17, 15) is 20.2 Å². The van der Waals surface area contributed by atoms with Crippen molar-refractivity contribution in [2.75, 3.05) is 13.7 Å². The molecule has 9 heteroatoms. The van der Waals surface area contributed by atoms with E-state index in [0.717, 1.165) is 12.8 Å². The van der Waals surface area contributed by atoms with Crippen molar-refractivity contribution < 1.29 is 19.2 Å². The standard InChI is InChI=1S/C27H24BrN3O5/c1-35-25-15-21(14-22(17-29)27(32)30-12-6-10-19-7-3-2-4-8-19)24(28)16-26(25)36-18-20-9-5-11-23(13-20)31(33)34/h2-5,7-9,11,13-16H,6,10,12,18H2,1H3,(H,30,32)/b22-14-. The fourth-order valence-electron chi connectivity index (χ4n) is 3.39. The maximum Gasteiger partial charge on any atom is 0.269 e. The van der Waals surface area contributed by atoms with Crippen molar-refractivity contribution in [2.24, 2.45) is 0 Å². The Morgan fingerprint density at radius 2 is 1.86 bits per heavy atom. The molecule has 0 saturated heterocycles. The van der Waals surface area contributed by atoms with Gasteiger partial charge in [0.25, 0.3) is 11.6 Å². The number of ether oxygens (including phenoxy) is 2. The molecule has 0 unspecified atom stereocenters. The minimum atomic E-state index is -0.464. The number of benzene rings is 3. The molecule has 0 aliphatic heterocycles. The van der Waals surface area contributed by atoms with Crippen molar-refractivity contribution in [2.45, 2.75) is 19.4 Å². The highest BCUT2D eigenvalue weighted by Crippen LogP contribution is 2.35. The van der Waals surface area contributed by atoms with E-state index in [1.54, 1.807) is 24.3 Å². The smallest absolute Gasteiger partial charge is 0.269 e. The lowest BCUT2D eigenvalue weighted by Gasteiger charge is -2.13. The molecule has 3 rings (SSSR count). The van der Waals surface area contributed by atoms with E-state index >= 15 is 0 Å². The Kier molecular flexibility index (Phi) is 9.60. The van der Waals surface area contributed by atoms with Gasteiger partial charge in [-0.05, 0) is 47.7 Å². The second-order valence-electron chi connectivity index (χ2n) is 7.76. The summed E-state index contributed by atoms with van der Waals surface area (Å²) in [6.07, 6.45) is 3.05. The fraction of sp³-hybridized carbons (Fsp3) is 0.185. The number of hydrogen-bond donors (Lipinski definition) is 1. The molecule has 0 bridgehead atoms. The van der Waals surface area contributed by atoms with Gasteiger partial charge in [-0.25, -0.2) is 0 Å². The summed E-state index contributed by atoms with van der Waals surface area (Å²) in [5.74, 6) is 0.328. The molecule has 36 heavy (non-hydrogen) atoms. The molecule has 0 radical (unpaired) electrons. The van der Waals surface area contributed by atoms with E-state index in [2.05, 4.69) is 21.2 Å². The van der Waals surface area contributed by atoms with E-state index in [0.29, 0.717) is 33.6 Å². The number of rotatable bonds is 11. The Morgan fingerprint density at radius 1 is 1.11 bits per heavy atom. The number of hydrogen-bond acceptors (Lipinski definition) is 6. The van der Waals surface area contributed by atoms with Gasteiger partial charge >= 0.3 is 0 Å². The predicted octanol–water partition coefficient (Wildman–Crippen LogP) is 5.60. The SMILES string of the molecule is COc1cc(/C=C(/C#N)C(=O)NCCCc2ccccc2)c(Br)cc1OCc1cccc([N+](=O)[O-])c1. The van der Waals surface area contributed by atoms with Crippen LogP contribution in [0.1, 0.15) is 23.1 Å². The van der Waals surface area contributed by atoms with Crippen LogP contribution in [-0.4, -0.2) is 24.5 Å². The first kappa shape index (κ1) is 26.4. The highest BCUT2D eigenvalue weighted by atomic mass is 79.9. The Morgan fingerprint density at radius 3 is 2.56 bits per heavy atom. The Balaban J connectivity index is 1.67. The van der Waals surface area contributed by atoms with Crippen molar-refractivity contribution in [3.63, 3.8) is 0 Å². The summed E-state index contributed by atoms with van der Waals surface area (Å²) in [6.45, 7) is 0.538. The van der Waals surface area contributed by atoms with Gasteiger partial charge in [0, 0.05) is 23.2 Å². The van der Waals surface area contributed by atoms with Gasteiger partial charge in [-0.3, -0.25) is 14.9 Å². The van der Waals surface area contributed by atoms with Crippen LogP contribution in [0.4, 0.5) is 5.69 Å². The number of nitro groups is 1. The minimum Gasteiger partial charge on any atom is -0.493 e. The molecule has 3 aromatic rings. The molecule has 0 heterocycles. The summed E-state index contributed by atoms with van der Waals surface area (Å²) in [5, 5.41) is 23.3. The molecule has 0 aliphatic carbocycles. The summed E-state index contributed by atoms with van der Waals surface area (Å²) < 4.78 is 11.8. The second-order valence-corrected chi connectivity index (χ2v) is 8.61. The molecule has 0 spiro atoms. The van der Waals surface area contributed by atoms with E-state index < -0.39 is 10.8 Å². The number of nitriles is 1. The lowest BCUT2D eigenvalue weighted by Crippen LogP contribution is -2.25. The molecular weight excluding hydrogens is 526 g/mol. The van der Waals surface area contributed by atoms with E-state index in [4.69, 9.17) is 9.47 Å². The number of carbonyl (C=O) groups excluding carboxylic acids is 1. The number of halogens is 1. The van der Waals surface area contributed by atoms with Gasteiger partial charge in [0.2, 0.25) is 0 Å².